The van der Waals surface area contributed by atoms with Gasteiger partial charge in [0.1, 0.15) is 5.75 Å². The summed E-state index contributed by atoms with van der Waals surface area (Å²) < 4.78 is 38.4. The summed E-state index contributed by atoms with van der Waals surface area (Å²) >= 11 is 0. The number of ether oxygens (including phenoxy) is 1. The molecule has 0 atom stereocenters. The molecule has 0 saturated heterocycles. The number of rotatable bonds is 2. The molecule has 0 unspecified atom stereocenters. The van der Waals surface area contributed by atoms with E-state index in [9.17, 15) is 18.0 Å². The molecule has 0 aliphatic heterocycles. The fourth-order valence-electron chi connectivity index (χ4n) is 0.725. The highest BCUT2D eigenvalue weighted by Crippen LogP contribution is 2.22. The summed E-state index contributed by atoms with van der Waals surface area (Å²) in [6.45, 7) is 0. The Morgan fingerprint density at radius 2 is 1.69 bits per heavy atom. The minimum Gasteiger partial charge on any atom is -0.406 e. The molecule has 1 aromatic carbocycles. The van der Waals surface area contributed by atoms with E-state index in [-0.39, 0.29) is 11.3 Å². The summed E-state index contributed by atoms with van der Waals surface area (Å²) in [5.74, 6) is -0.355. The van der Waals surface area contributed by atoms with E-state index in [4.69, 9.17) is 0 Å². The number of hydrogen-bond donors (Lipinski definition) is 0. The van der Waals surface area contributed by atoms with E-state index in [1.54, 1.807) is 0 Å². The predicted molar refractivity (Wildman–Crippen MR) is 37.9 cm³/mol. The van der Waals surface area contributed by atoms with Gasteiger partial charge in [0.05, 0.1) is 0 Å². The van der Waals surface area contributed by atoms with Crippen molar-refractivity contribution < 1.29 is 22.7 Å². The fourth-order valence-corrected chi connectivity index (χ4v) is 0.725. The van der Waals surface area contributed by atoms with Crippen LogP contribution in [0.1, 0.15) is 5.56 Å². The molecule has 0 bridgehead atoms. The van der Waals surface area contributed by atoms with Crippen LogP contribution in [0.25, 0.3) is 0 Å². The van der Waals surface area contributed by atoms with E-state index in [2.05, 4.69) is 4.74 Å². The number of halogens is 3. The molecule has 0 aromatic heterocycles. The minimum absolute atomic E-state index is 0.175. The predicted octanol–water partition coefficient (Wildman–Crippen LogP) is 2.04. The Kier molecular flexibility index (Phi) is 2.55. The van der Waals surface area contributed by atoms with Crippen LogP contribution >= 0.6 is 0 Å². The molecule has 0 amide bonds. The SMILES string of the molecule is O=[C]c1ccc(OC(F)(F)F)cc1. The summed E-state index contributed by atoms with van der Waals surface area (Å²) in [5.41, 5.74) is 0.175. The third-order valence-electron chi connectivity index (χ3n) is 1.21. The van der Waals surface area contributed by atoms with Gasteiger partial charge in [-0.05, 0) is 24.3 Å². The average Bonchev–Trinajstić information content (AvgIpc) is 2.03. The lowest BCUT2D eigenvalue weighted by Gasteiger charge is -2.07. The Labute approximate surface area is 71.9 Å². The first-order valence-electron chi connectivity index (χ1n) is 3.25. The molecule has 0 N–H and O–H groups in total. The fraction of sp³-hybridized carbons (Fsp3) is 0.125. The molecule has 0 aliphatic rings. The topological polar surface area (TPSA) is 26.3 Å². The zero-order chi connectivity index (χ0) is 9.90. The molecule has 1 radical (unpaired) electrons. The molecular formula is C8H4F3O2. The first-order chi connectivity index (χ1) is 6.01. The van der Waals surface area contributed by atoms with Crippen molar-refractivity contribution in [3.05, 3.63) is 29.8 Å². The van der Waals surface area contributed by atoms with Gasteiger partial charge < -0.3 is 4.74 Å². The summed E-state index contributed by atoms with van der Waals surface area (Å²) in [7, 11) is 0. The van der Waals surface area contributed by atoms with E-state index in [0.717, 1.165) is 12.1 Å². The monoisotopic (exact) mass is 189 g/mol. The number of carbonyl (C=O) groups excluding carboxylic acids is 1. The number of hydrogen-bond acceptors (Lipinski definition) is 2. The number of alkyl halides is 3. The van der Waals surface area contributed by atoms with Gasteiger partial charge in [-0.15, -0.1) is 13.2 Å². The van der Waals surface area contributed by atoms with Gasteiger partial charge in [0.15, 0.2) is 0 Å². The summed E-state index contributed by atoms with van der Waals surface area (Å²) in [6.07, 6.45) is -3.17. The molecular weight excluding hydrogens is 185 g/mol. The maximum absolute atomic E-state index is 11.6. The third kappa shape index (κ3) is 3.14. The van der Waals surface area contributed by atoms with Crippen molar-refractivity contribution >= 4 is 6.29 Å². The normalized spacial score (nSPS) is 11.0. The second-order valence-corrected chi connectivity index (χ2v) is 2.17. The highest BCUT2D eigenvalue weighted by molar-refractivity contribution is 5.75. The number of benzene rings is 1. The van der Waals surface area contributed by atoms with E-state index in [0.29, 0.717) is 0 Å². The molecule has 0 fully saturated rings. The molecule has 69 valence electrons. The van der Waals surface area contributed by atoms with Crippen LogP contribution < -0.4 is 4.74 Å². The van der Waals surface area contributed by atoms with Gasteiger partial charge in [-0.2, -0.15) is 0 Å². The van der Waals surface area contributed by atoms with Gasteiger partial charge in [-0.25, -0.2) is 0 Å². The van der Waals surface area contributed by atoms with Crippen molar-refractivity contribution in [2.45, 2.75) is 6.36 Å². The van der Waals surface area contributed by atoms with E-state index >= 15 is 0 Å². The third-order valence-corrected chi connectivity index (χ3v) is 1.21. The van der Waals surface area contributed by atoms with Crippen molar-refractivity contribution in [3.63, 3.8) is 0 Å². The maximum atomic E-state index is 11.6. The minimum atomic E-state index is -4.70. The van der Waals surface area contributed by atoms with E-state index in [1.165, 1.54) is 18.4 Å². The molecule has 2 nitrogen and oxygen atoms in total. The zero-order valence-corrected chi connectivity index (χ0v) is 6.26. The first kappa shape index (κ1) is 9.57. The van der Waals surface area contributed by atoms with Crippen molar-refractivity contribution in [1.29, 1.82) is 0 Å². The smallest absolute Gasteiger partial charge is 0.406 e. The van der Waals surface area contributed by atoms with Gasteiger partial charge in [0.2, 0.25) is 6.29 Å². The van der Waals surface area contributed by atoms with Gasteiger partial charge in [0.25, 0.3) is 0 Å². The first-order valence-corrected chi connectivity index (χ1v) is 3.25. The van der Waals surface area contributed by atoms with Crippen LogP contribution in [0.3, 0.4) is 0 Å². The van der Waals surface area contributed by atoms with Gasteiger partial charge in [-0.3, -0.25) is 4.79 Å². The molecule has 0 saturated carbocycles. The van der Waals surface area contributed by atoms with Gasteiger partial charge in [0, 0.05) is 5.56 Å². The molecule has 13 heavy (non-hydrogen) atoms. The highest BCUT2D eigenvalue weighted by Gasteiger charge is 2.30. The van der Waals surface area contributed by atoms with Crippen LogP contribution in [0, 0.1) is 0 Å². The average molecular weight is 189 g/mol. The molecule has 0 heterocycles. The summed E-state index contributed by atoms with van der Waals surface area (Å²) in [4.78, 5) is 10.0. The maximum Gasteiger partial charge on any atom is 0.573 e. The standard InChI is InChI=1S/C8H4F3O2/c9-8(10,11)13-7-3-1-6(5-12)2-4-7/h1-4H. The van der Waals surface area contributed by atoms with Crippen molar-refractivity contribution in [2.75, 3.05) is 0 Å². The second kappa shape index (κ2) is 3.47. The quantitative estimate of drug-likeness (QED) is 0.711. The van der Waals surface area contributed by atoms with E-state index < -0.39 is 6.36 Å². The van der Waals surface area contributed by atoms with Gasteiger partial charge >= 0.3 is 6.36 Å². The summed E-state index contributed by atoms with van der Waals surface area (Å²) in [6, 6.07) is 4.48. The molecule has 0 aliphatic carbocycles. The van der Waals surface area contributed by atoms with Crippen LogP contribution in [-0.2, 0) is 4.79 Å². The lowest BCUT2D eigenvalue weighted by atomic mass is 10.2. The second-order valence-electron chi connectivity index (χ2n) is 2.17. The van der Waals surface area contributed by atoms with Crippen LogP contribution in [0.15, 0.2) is 24.3 Å². The molecule has 5 heteroatoms. The van der Waals surface area contributed by atoms with Crippen molar-refractivity contribution in [3.8, 4) is 5.75 Å². The zero-order valence-electron chi connectivity index (χ0n) is 6.26. The molecule has 0 spiro atoms. The van der Waals surface area contributed by atoms with Crippen LogP contribution in [-0.4, -0.2) is 12.6 Å². The highest BCUT2D eigenvalue weighted by atomic mass is 19.4. The molecule has 1 aromatic rings. The lowest BCUT2D eigenvalue weighted by molar-refractivity contribution is -0.274. The van der Waals surface area contributed by atoms with E-state index in [1.807, 2.05) is 0 Å². The Balaban J connectivity index is 2.75. The molecule has 1 rings (SSSR count). The Morgan fingerprint density at radius 3 is 2.08 bits per heavy atom. The Bertz CT molecular complexity index is 289. The summed E-state index contributed by atoms with van der Waals surface area (Å²) in [5, 5.41) is 0. The Morgan fingerprint density at radius 1 is 1.15 bits per heavy atom. The van der Waals surface area contributed by atoms with Crippen molar-refractivity contribution in [2.24, 2.45) is 0 Å². The van der Waals surface area contributed by atoms with Crippen LogP contribution in [0.2, 0.25) is 0 Å². The lowest BCUT2D eigenvalue weighted by Crippen LogP contribution is -2.16. The van der Waals surface area contributed by atoms with Gasteiger partial charge in [-0.1, -0.05) is 0 Å². The van der Waals surface area contributed by atoms with Crippen LogP contribution in [0.4, 0.5) is 13.2 Å². The van der Waals surface area contributed by atoms with Crippen LogP contribution in [0.5, 0.6) is 5.75 Å². The Hall–Kier alpha value is -1.52. The van der Waals surface area contributed by atoms with Crippen molar-refractivity contribution in [1.82, 2.24) is 0 Å². The largest absolute Gasteiger partial charge is 0.573 e.